The van der Waals surface area contributed by atoms with E-state index in [1.165, 1.54) is 0 Å². The van der Waals surface area contributed by atoms with Gasteiger partial charge in [-0.05, 0) is 31.2 Å². The molecule has 88 valence electrons. The molecule has 0 aromatic carbocycles. The van der Waals surface area contributed by atoms with Crippen LogP contribution in [-0.4, -0.2) is 56.2 Å². The minimum Gasteiger partial charge on any atom is -0.396 e. The third-order valence-corrected chi connectivity index (χ3v) is 5.50. The van der Waals surface area contributed by atoms with Gasteiger partial charge in [-0.3, -0.25) is 0 Å². The Kier molecular flexibility index (Phi) is 3.05. The average Bonchev–Trinajstić information content (AvgIpc) is 2.68. The number of rotatable bonds is 3. The second kappa shape index (κ2) is 4.03. The van der Waals surface area contributed by atoms with Crippen LogP contribution in [0.5, 0.6) is 0 Å². The van der Waals surface area contributed by atoms with Gasteiger partial charge >= 0.3 is 0 Å². The van der Waals surface area contributed by atoms with E-state index in [2.05, 4.69) is 4.90 Å². The minimum atomic E-state index is -2.76. The van der Waals surface area contributed by atoms with E-state index in [4.69, 9.17) is 5.11 Å². The lowest BCUT2D eigenvalue weighted by Gasteiger charge is -2.21. The smallest absolute Gasteiger partial charge is 0.150 e. The lowest BCUT2D eigenvalue weighted by molar-refractivity contribution is 0.232. The van der Waals surface area contributed by atoms with Gasteiger partial charge < -0.3 is 10.0 Å². The lowest BCUT2D eigenvalue weighted by Crippen LogP contribution is -2.29. The molecular weight excluding hydrogens is 214 g/mol. The van der Waals surface area contributed by atoms with E-state index in [9.17, 15) is 8.42 Å². The first-order chi connectivity index (χ1) is 7.05. The number of aliphatic hydroxyl groups excluding tert-OH is 1. The summed E-state index contributed by atoms with van der Waals surface area (Å²) >= 11 is 0. The molecule has 1 spiro atoms. The Hall–Kier alpha value is -0.130. The second-order valence-electron chi connectivity index (χ2n) is 4.95. The summed E-state index contributed by atoms with van der Waals surface area (Å²) in [6.45, 7) is 3.03. The van der Waals surface area contributed by atoms with Gasteiger partial charge in [0.2, 0.25) is 0 Å². The number of aliphatic hydroxyl groups is 1. The van der Waals surface area contributed by atoms with Crippen molar-refractivity contribution in [1.29, 1.82) is 0 Å². The molecule has 0 amide bonds. The SMILES string of the molecule is O=S1(=O)CC[C@@]2(CCN(CCCO)C2)C1. The summed E-state index contributed by atoms with van der Waals surface area (Å²) in [4.78, 5) is 2.29. The standard InChI is InChI=1S/C10H19NO3S/c12-6-1-4-11-5-2-10(8-11)3-7-15(13,14)9-10/h12H,1-9H2/t10-/m1/s1. The Labute approximate surface area is 91.2 Å². The van der Waals surface area contributed by atoms with E-state index in [-0.39, 0.29) is 12.0 Å². The fraction of sp³-hybridized carbons (Fsp3) is 1.00. The van der Waals surface area contributed by atoms with Gasteiger partial charge in [0.15, 0.2) is 9.84 Å². The first-order valence-electron chi connectivity index (χ1n) is 5.59. The van der Waals surface area contributed by atoms with Gasteiger partial charge in [0.25, 0.3) is 0 Å². The highest BCUT2D eigenvalue weighted by Gasteiger charge is 2.46. The van der Waals surface area contributed by atoms with Gasteiger partial charge in [0.1, 0.15) is 0 Å². The van der Waals surface area contributed by atoms with Crippen LogP contribution in [0.3, 0.4) is 0 Å². The summed E-state index contributed by atoms with van der Waals surface area (Å²) < 4.78 is 22.9. The van der Waals surface area contributed by atoms with E-state index in [1.54, 1.807) is 0 Å². The number of hydrogen-bond acceptors (Lipinski definition) is 4. The van der Waals surface area contributed by atoms with Crippen LogP contribution in [-0.2, 0) is 9.84 Å². The van der Waals surface area contributed by atoms with E-state index >= 15 is 0 Å². The van der Waals surface area contributed by atoms with Crippen molar-refractivity contribution in [3.8, 4) is 0 Å². The van der Waals surface area contributed by atoms with Crippen molar-refractivity contribution in [2.45, 2.75) is 19.3 Å². The van der Waals surface area contributed by atoms with Crippen molar-refractivity contribution < 1.29 is 13.5 Å². The fourth-order valence-electron chi connectivity index (χ4n) is 2.82. The second-order valence-corrected chi connectivity index (χ2v) is 7.13. The van der Waals surface area contributed by atoms with Crippen LogP contribution in [0.15, 0.2) is 0 Å². The summed E-state index contributed by atoms with van der Waals surface area (Å²) in [6.07, 6.45) is 2.64. The number of sulfone groups is 1. The van der Waals surface area contributed by atoms with Crippen molar-refractivity contribution in [2.24, 2.45) is 5.41 Å². The number of likely N-dealkylation sites (tertiary alicyclic amines) is 1. The Morgan fingerprint density at radius 2 is 2.13 bits per heavy atom. The predicted octanol–water partition coefficient (Wildman–Crippen LogP) is -0.121. The lowest BCUT2D eigenvalue weighted by atomic mass is 9.87. The topological polar surface area (TPSA) is 57.6 Å². The van der Waals surface area contributed by atoms with Crippen molar-refractivity contribution in [3.63, 3.8) is 0 Å². The van der Waals surface area contributed by atoms with Gasteiger partial charge in [0, 0.05) is 19.7 Å². The zero-order valence-corrected chi connectivity index (χ0v) is 9.80. The molecule has 0 radical (unpaired) electrons. The van der Waals surface area contributed by atoms with Gasteiger partial charge in [-0.2, -0.15) is 0 Å². The van der Waals surface area contributed by atoms with Crippen molar-refractivity contribution in [3.05, 3.63) is 0 Å². The Morgan fingerprint density at radius 1 is 1.33 bits per heavy atom. The van der Waals surface area contributed by atoms with E-state index < -0.39 is 9.84 Å². The summed E-state index contributed by atoms with van der Waals surface area (Å²) in [5, 5.41) is 8.74. The molecule has 2 heterocycles. The highest BCUT2D eigenvalue weighted by atomic mass is 32.2. The van der Waals surface area contributed by atoms with E-state index in [1.807, 2.05) is 0 Å². The highest BCUT2D eigenvalue weighted by molar-refractivity contribution is 7.91. The summed E-state index contributed by atoms with van der Waals surface area (Å²) in [6, 6.07) is 0. The zero-order chi connectivity index (χ0) is 10.9. The van der Waals surface area contributed by atoms with Crippen molar-refractivity contribution in [2.75, 3.05) is 37.7 Å². The summed E-state index contributed by atoms with van der Waals surface area (Å²) in [7, 11) is -2.76. The van der Waals surface area contributed by atoms with Crippen molar-refractivity contribution >= 4 is 9.84 Å². The average molecular weight is 233 g/mol. The van der Waals surface area contributed by atoms with Crippen LogP contribution in [0.2, 0.25) is 0 Å². The van der Waals surface area contributed by atoms with Gasteiger partial charge in [0.05, 0.1) is 11.5 Å². The first-order valence-corrected chi connectivity index (χ1v) is 7.41. The van der Waals surface area contributed by atoms with Crippen LogP contribution in [0.25, 0.3) is 0 Å². The molecule has 5 heteroatoms. The van der Waals surface area contributed by atoms with E-state index in [0.29, 0.717) is 11.5 Å². The number of nitrogens with zero attached hydrogens (tertiary/aromatic N) is 1. The number of hydrogen-bond donors (Lipinski definition) is 1. The Morgan fingerprint density at radius 3 is 2.73 bits per heavy atom. The largest absolute Gasteiger partial charge is 0.396 e. The Bertz CT molecular complexity index is 328. The maximum atomic E-state index is 11.5. The van der Waals surface area contributed by atoms with Gasteiger partial charge in [-0.15, -0.1) is 0 Å². The van der Waals surface area contributed by atoms with E-state index in [0.717, 1.165) is 38.9 Å². The molecule has 0 bridgehead atoms. The minimum absolute atomic E-state index is 0.0499. The first kappa shape index (κ1) is 11.4. The molecule has 0 unspecified atom stereocenters. The molecule has 1 atom stereocenters. The third-order valence-electron chi connectivity index (χ3n) is 3.62. The third kappa shape index (κ3) is 2.52. The summed E-state index contributed by atoms with van der Waals surface area (Å²) in [5.41, 5.74) is 0.0499. The molecule has 2 aliphatic rings. The molecule has 2 rings (SSSR count). The molecule has 2 aliphatic heterocycles. The molecule has 0 aromatic rings. The molecule has 15 heavy (non-hydrogen) atoms. The highest BCUT2D eigenvalue weighted by Crippen LogP contribution is 2.40. The molecule has 0 aromatic heterocycles. The van der Waals surface area contributed by atoms with Crippen LogP contribution < -0.4 is 0 Å². The molecule has 2 fully saturated rings. The predicted molar refractivity (Wildman–Crippen MR) is 58.5 cm³/mol. The van der Waals surface area contributed by atoms with Crippen LogP contribution >= 0.6 is 0 Å². The summed E-state index contributed by atoms with van der Waals surface area (Å²) in [5.74, 6) is 0.760. The maximum absolute atomic E-state index is 11.5. The molecule has 0 aliphatic carbocycles. The Balaban J connectivity index is 1.92. The van der Waals surface area contributed by atoms with Crippen LogP contribution in [0.1, 0.15) is 19.3 Å². The maximum Gasteiger partial charge on any atom is 0.150 e. The molecule has 0 saturated carbocycles. The zero-order valence-electron chi connectivity index (χ0n) is 8.98. The normalized spacial score (nSPS) is 35.3. The monoisotopic (exact) mass is 233 g/mol. The van der Waals surface area contributed by atoms with Crippen LogP contribution in [0.4, 0.5) is 0 Å². The molecule has 4 nitrogen and oxygen atoms in total. The molecular formula is C10H19NO3S. The van der Waals surface area contributed by atoms with Gasteiger partial charge in [-0.25, -0.2) is 8.42 Å². The fourth-order valence-corrected chi connectivity index (χ4v) is 5.02. The molecule has 1 N–H and O–H groups in total. The van der Waals surface area contributed by atoms with Crippen LogP contribution in [0, 0.1) is 5.41 Å². The van der Waals surface area contributed by atoms with Crippen molar-refractivity contribution in [1.82, 2.24) is 4.90 Å². The van der Waals surface area contributed by atoms with Gasteiger partial charge in [-0.1, -0.05) is 0 Å². The molecule has 2 saturated heterocycles. The quantitative estimate of drug-likeness (QED) is 0.738.